The molecule has 0 spiro atoms. The molecule has 4 nitrogen and oxygen atoms in total. The lowest BCUT2D eigenvalue weighted by Gasteiger charge is -2.17. The average molecular weight is 326 g/mol. The van der Waals surface area contributed by atoms with E-state index in [1.807, 2.05) is 31.2 Å². The van der Waals surface area contributed by atoms with Crippen LogP contribution in [0.15, 0.2) is 48.5 Å². The van der Waals surface area contributed by atoms with Crippen molar-refractivity contribution in [3.8, 4) is 0 Å². The van der Waals surface area contributed by atoms with Crippen molar-refractivity contribution in [2.24, 2.45) is 5.92 Å². The summed E-state index contributed by atoms with van der Waals surface area (Å²) in [5.41, 5.74) is 2.11. The summed E-state index contributed by atoms with van der Waals surface area (Å²) in [6.07, 6.45) is 0. The summed E-state index contributed by atoms with van der Waals surface area (Å²) in [5.74, 6) is -2.32. The second-order valence-electron chi connectivity index (χ2n) is 6.19. The zero-order valence-electron chi connectivity index (χ0n) is 13.6. The van der Waals surface area contributed by atoms with E-state index in [0.717, 1.165) is 11.1 Å². The molecule has 0 aliphatic carbocycles. The van der Waals surface area contributed by atoms with Crippen LogP contribution >= 0.6 is 0 Å². The third-order valence-electron chi connectivity index (χ3n) is 4.40. The van der Waals surface area contributed by atoms with E-state index in [2.05, 4.69) is 5.32 Å². The molecule has 1 aliphatic heterocycles. The predicted octanol–water partition coefficient (Wildman–Crippen LogP) is 2.94. The van der Waals surface area contributed by atoms with Crippen LogP contribution in [0.2, 0.25) is 0 Å². The summed E-state index contributed by atoms with van der Waals surface area (Å²) in [5, 5.41) is 2.56. The Bertz CT molecular complexity index is 790. The van der Waals surface area contributed by atoms with E-state index in [1.165, 1.54) is 12.1 Å². The first-order valence-corrected chi connectivity index (χ1v) is 7.84. The fourth-order valence-electron chi connectivity index (χ4n) is 3.17. The molecule has 0 radical (unpaired) electrons. The van der Waals surface area contributed by atoms with E-state index in [1.54, 1.807) is 24.1 Å². The summed E-state index contributed by atoms with van der Waals surface area (Å²) < 4.78 is 13.8. The second kappa shape index (κ2) is 6.43. The largest absolute Gasteiger partial charge is 0.344 e. The minimum absolute atomic E-state index is 0.0906. The molecular formula is C19H19FN2O2. The van der Waals surface area contributed by atoms with Crippen molar-refractivity contribution in [2.45, 2.75) is 12.8 Å². The molecule has 0 unspecified atom stereocenters. The third-order valence-corrected chi connectivity index (χ3v) is 4.40. The van der Waals surface area contributed by atoms with Crippen LogP contribution in [0.5, 0.6) is 0 Å². The zero-order valence-corrected chi connectivity index (χ0v) is 13.6. The smallest absolute Gasteiger partial charge is 0.237 e. The van der Waals surface area contributed by atoms with Crippen molar-refractivity contribution in [1.29, 1.82) is 0 Å². The van der Waals surface area contributed by atoms with Crippen molar-refractivity contribution in [1.82, 2.24) is 4.90 Å². The molecule has 0 bridgehead atoms. The topological polar surface area (TPSA) is 49.4 Å². The molecular weight excluding hydrogens is 307 g/mol. The van der Waals surface area contributed by atoms with Gasteiger partial charge in [0.2, 0.25) is 11.8 Å². The summed E-state index contributed by atoms with van der Waals surface area (Å²) in [4.78, 5) is 26.7. The quantitative estimate of drug-likeness (QED) is 0.882. The second-order valence-corrected chi connectivity index (χ2v) is 6.19. The number of benzene rings is 2. The highest BCUT2D eigenvalue weighted by molar-refractivity contribution is 6.08. The normalized spacial score (nSPS) is 20.3. The Morgan fingerprint density at radius 1 is 1.21 bits per heavy atom. The molecule has 124 valence electrons. The predicted molar refractivity (Wildman–Crippen MR) is 90.1 cm³/mol. The Morgan fingerprint density at radius 3 is 2.67 bits per heavy atom. The first kappa shape index (κ1) is 16.2. The number of likely N-dealkylation sites (tertiary alicyclic amines) is 1. The summed E-state index contributed by atoms with van der Waals surface area (Å²) in [6, 6.07) is 13.7. The number of nitrogens with zero attached hydrogens (tertiary/aromatic N) is 1. The minimum Gasteiger partial charge on any atom is -0.344 e. The lowest BCUT2D eigenvalue weighted by atomic mass is 9.87. The molecule has 2 amide bonds. The molecule has 1 heterocycles. The van der Waals surface area contributed by atoms with Crippen LogP contribution in [0.3, 0.4) is 0 Å². The lowest BCUT2D eigenvalue weighted by molar-refractivity contribution is -0.135. The zero-order chi connectivity index (χ0) is 17.3. The number of aryl methyl sites for hydroxylation is 1. The highest BCUT2D eigenvalue weighted by Crippen LogP contribution is 2.34. The van der Waals surface area contributed by atoms with Gasteiger partial charge in [-0.3, -0.25) is 9.59 Å². The molecule has 2 aromatic rings. The number of carbonyl (C=O) groups excluding carboxylic acids is 2. The maximum atomic E-state index is 13.8. The van der Waals surface area contributed by atoms with Crippen molar-refractivity contribution < 1.29 is 14.0 Å². The standard InChI is InChI=1S/C19H19FN2O2/c1-12-6-5-7-13(10-12)14-11-22(2)19(24)17(14)18(23)21-16-9-4-3-8-15(16)20/h3-10,14,17H,11H2,1-2H3,(H,21,23)/t14-,17+/m1/s1. The van der Waals surface area contributed by atoms with Gasteiger partial charge in [-0.1, -0.05) is 42.0 Å². The van der Waals surface area contributed by atoms with Crippen molar-refractivity contribution in [2.75, 3.05) is 18.9 Å². The number of anilines is 1. The molecule has 2 atom stereocenters. The SMILES string of the molecule is Cc1cccc([C@H]2CN(C)C(=O)[C@@H]2C(=O)Nc2ccccc2F)c1. The van der Waals surface area contributed by atoms with Crippen LogP contribution in [0.4, 0.5) is 10.1 Å². The van der Waals surface area contributed by atoms with E-state index in [0.29, 0.717) is 6.54 Å². The Labute approximate surface area is 140 Å². The van der Waals surface area contributed by atoms with E-state index in [4.69, 9.17) is 0 Å². The average Bonchev–Trinajstić information content (AvgIpc) is 2.85. The van der Waals surface area contributed by atoms with Gasteiger partial charge in [0.25, 0.3) is 0 Å². The van der Waals surface area contributed by atoms with Gasteiger partial charge < -0.3 is 10.2 Å². The van der Waals surface area contributed by atoms with Crippen LogP contribution in [0.25, 0.3) is 0 Å². The van der Waals surface area contributed by atoms with Crippen molar-refractivity contribution in [3.05, 3.63) is 65.5 Å². The maximum absolute atomic E-state index is 13.8. The van der Waals surface area contributed by atoms with Crippen LogP contribution in [0, 0.1) is 18.7 Å². The van der Waals surface area contributed by atoms with E-state index < -0.39 is 17.6 Å². The molecule has 0 saturated carbocycles. The third kappa shape index (κ3) is 3.02. The van der Waals surface area contributed by atoms with Crippen LogP contribution in [-0.2, 0) is 9.59 Å². The monoisotopic (exact) mass is 326 g/mol. The van der Waals surface area contributed by atoms with Gasteiger partial charge in [0.15, 0.2) is 0 Å². The van der Waals surface area contributed by atoms with Crippen LogP contribution in [-0.4, -0.2) is 30.3 Å². The molecule has 3 rings (SSSR count). The Kier molecular flexibility index (Phi) is 4.34. The fraction of sp³-hybridized carbons (Fsp3) is 0.263. The van der Waals surface area contributed by atoms with Gasteiger partial charge in [-0.2, -0.15) is 0 Å². The number of amides is 2. The number of carbonyl (C=O) groups is 2. The summed E-state index contributed by atoms with van der Waals surface area (Å²) in [7, 11) is 1.68. The molecule has 1 fully saturated rings. The number of hydrogen-bond acceptors (Lipinski definition) is 2. The Morgan fingerprint density at radius 2 is 1.96 bits per heavy atom. The van der Waals surface area contributed by atoms with Gasteiger partial charge in [0.05, 0.1) is 5.69 Å². The van der Waals surface area contributed by atoms with E-state index in [9.17, 15) is 14.0 Å². The molecule has 1 saturated heterocycles. The lowest BCUT2D eigenvalue weighted by Crippen LogP contribution is -2.33. The van der Waals surface area contributed by atoms with Gasteiger partial charge in [-0.05, 0) is 24.6 Å². The first-order valence-electron chi connectivity index (χ1n) is 7.84. The molecule has 2 aromatic carbocycles. The van der Waals surface area contributed by atoms with Crippen molar-refractivity contribution >= 4 is 17.5 Å². The molecule has 1 N–H and O–H groups in total. The molecule has 5 heteroatoms. The van der Waals surface area contributed by atoms with E-state index in [-0.39, 0.29) is 17.5 Å². The number of hydrogen-bond donors (Lipinski definition) is 1. The number of halogens is 1. The van der Waals surface area contributed by atoms with Gasteiger partial charge in [-0.25, -0.2) is 4.39 Å². The highest BCUT2D eigenvalue weighted by atomic mass is 19.1. The Hall–Kier alpha value is -2.69. The van der Waals surface area contributed by atoms with Gasteiger partial charge in [0.1, 0.15) is 11.7 Å². The number of para-hydroxylation sites is 1. The van der Waals surface area contributed by atoms with Gasteiger partial charge >= 0.3 is 0 Å². The maximum Gasteiger partial charge on any atom is 0.237 e. The van der Waals surface area contributed by atoms with Crippen molar-refractivity contribution in [3.63, 3.8) is 0 Å². The van der Waals surface area contributed by atoms with Crippen LogP contribution in [0.1, 0.15) is 17.0 Å². The van der Waals surface area contributed by atoms with Gasteiger partial charge in [-0.15, -0.1) is 0 Å². The van der Waals surface area contributed by atoms with Gasteiger partial charge in [0, 0.05) is 19.5 Å². The minimum atomic E-state index is -0.851. The van der Waals surface area contributed by atoms with Crippen LogP contribution < -0.4 is 5.32 Å². The molecule has 0 aromatic heterocycles. The highest BCUT2D eigenvalue weighted by Gasteiger charge is 2.44. The molecule has 1 aliphatic rings. The Balaban J connectivity index is 1.89. The number of nitrogens with one attached hydrogen (secondary N) is 1. The number of rotatable bonds is 3. The summed E-state index contributed by atoms with van der Waals surface area (Å²) >= 11 is 0. The van der Waals surface area contributed by atoms with E-state index >= 15 is 0 Å². The molecule has 24 heavy (non-hydrogen) atoms. The number of likely N-dealkylation sites (N-methyl/N-ethyl adjacent to an activating group) is 1. The fourth-order valence-corrected chi connectivity index (χ4v) is 3.17. The summed E-state index contributed by atoms with van der Waals surface area (Å²) in [6.45, 7) is 2.44. The first-order chi connectivity index (χ1) is 11.5.